The number of aryl methyl sites for hydroxylation is 2. The fourth-order valence-corrected chi connectivity index (χ4v) is 4.34. The molecule has 1 fully saturated rings. The predicted octanol–water partition coefficient (Wildman–Crippen LogP) is 2.46. The van der Waals surface area contributed by atoms with E-state index in [-0.39, 0.29) is 17.0 Å². The molecule has 0 unspecified atom stereocenters. The van der Waals surface area contributed by atoms with Gasteiger partial charge in [-0.25, -0.2) is 0 Å². The van der Waals surface area contributed by atoms with Crippen molar-refractivity contribution in [1.29, 1.82) is 0 Å². The highest BCUT2D eigenvalue weighted by Gasteiger charge is 2.20. The minimum Gasteiger partial charge on any atom is -0.351 e. The molecule has 2 aromatic rings. The molecule has 0 atom stereocenters. The third-order valence-corrected chi connectivity index (χ3v) is 5.82. The van der Waals surface area contributed by atoms with Crippen LogP contribution in [-0.2, 0) is 12.8 Å². The highest BCUT2D eigenvalue weighted by molar-refractivity contribution is 5.95. The normalized spacial score (nSPS) is 16.5. The number of rotatable bonds is 5. The number of amides is 1. The van der Waals surface area contributed by atoms with E-state index in [1.165, 1.54) is 24.0 Å². The SMILES string of the molecule is Cc1ccn(-c2cccc3c2CCC3)c(=O)c1C(=O)NCCN1CCCC1. The molecule has 2 heterocycles. The van der Waals surface area contributed by atoms with Gasteiger partial charge in [0.05, 0.1) is 5.69 Å². The lowest BCUT2D eigenvalue weighted by Crippen LogP contribution is -2.37. The molecule has 1 aliphatic heterocycles. The third-order valence-electron chi connectivity index (χ3n) is 5.82. The number of carbonyl (C=O) groups excluding carboxylic acids is 1. The average Bonchev–Trinajstić information content (AvgIpc) is 3.33. The van der Waals surface area contributed by atoms with Gasteiger partial charge >= 0.3 is 0 Å². The summed E-state index contributed by atoms with van der Waals surface area (Å²) >= 11 is 0. The summed E-state index contributed by atoms with van der Waals surface area (Å²) in [6.45, 7) is 5.46. The Morgan fingerprint density at radius 2 is 1.93 bits per heavy atom. The van der Waals surface area contributed by atoms with Gasteiger partial charge in [-0.15, -0.1) is 0 Å². The van der Waals surface area contributed by atoms with Crippen molar-refractivity contribution >= 4 is 5.91 Å². The highest BCUT2D eigenvalue weighted by Crippen LogP contribution is 2.27. The molecule has 27 heavy (non-hydrogen) atoms. The first-order valence-corrected chi connectivity index (χ1v) is 9.99. The summed E-state index contributed by atoms with van der Waals surface area (Å²) in [6.07, 6.45) is 7.44. The Hall–Kier alpha value is -2.40. The first-order chi connectivity index (χ1) is 13.1. The maximum absolute atomic E-state index is 13.1. The number of hydrogen-bond acceptors (Lipinski definition) is 3. The molecule has 5 nitrogen and oxygen atoms in total. The van der Waals surface area contributed by atoms with E-state index in [1.807, 2.05) is 25.1 Å². The number of aromatic nitrogens is 1. The molecule has 0 bridgehead atoms. The number of fused-ring (bicyclic) bond motifs is 1. The number of nitrogens with zero attached hydrogens (tertiary/aromatic N) is 2. The summed E-state index contributed by atoms with van der Waals surface area (Å²) in [7, 11) is 0. The maximum Gasteiger partial charge on any atom is 0.268 e. The zero-order valence-corrected chi connectivity index (χ0v) is 16.0. The predicted molar refractivity (Wildman–Crippen MR) is 107 cm³/mol. The maximum atomic E-state index is 13.1. The number of nitrogens with one attached hydrogen (secondary N) is 1. The van der Waals surface area contributed by atoms with E-state index in [2.05, 4.69) is 16.3 Å². The van der Waals surface area contributed by atoms with Gasteiger partial charge in [-0.3, -0.25) is 14.2 Å². The molecule has 1 aromatic carbocycles. The fraction of sp³-hybridized carbons (Fsp3) is 0.455. The highest BCUT2D eigenvalue weighted by atomic mass is 16.2. The van der Waals surface area contributed by atoms with Gasteiger partial charge in [-0.05, 0) is 80.9 Å². The molecular weight excluding hydrogens is 338 g/mol. The van der Waals surface area contributed by atoms with Crippen LogP contribution < -0.4 is 10.9 Å². The second-order valence-corrected chi connectivity index (χ2v) is 7.62. The minimum atomic E-state index is -0.265. The van der Waals surface area contributed by atoms with Crippen LogP contribution in [-0.4, -0.2) is 41.6 Å². The molecule has 142 valence electrons. The molecule has 1 aromatic heterocycles. The smallest absolute Gasteiger partial charge is 0.268 e. The molecular formula is C22H27N3O2. The van der Waals surface area contributed by atoms with Gasteiger partial charge in [0.2, 0.25) is 0 Å². The zero-order chi connectivity index (χ0) is 18.8. The van der Waals surface area contributed by atoms with Crippen molar-refractivity contribution in [3.05, 3.63) is 63.1 Å². The topological polar surface area (TPSA) is 54.3 Å². The van der Waals surface area contributed by atoms with E-state index in [9.17, 15) is 9.59 Å². The van der Waals surface area contributed by atoms with E-state index in [0.29, 0.717) is 6.54 Å². The van der Waals surface area contributed by atoms with Crippen LogP contribution >= 0.6 is 0 Å². The van der Waals surface area contributed by atoms with Crippen LogP contribution in [0.5, 0.6) is 0 Å². The van der Waals surface area contributed by atoms with Crippen molar-refractivity contribution in [2.75, 3.05) is 26.2 Å². The van der Waals surface area contributed by atoms with Gasteiger partial charge in [0, 0.05) is 19.3 Å². The van der Waals surface area contributed by atoms with Gasteiger partial charge < -0.3 is 10.2 Å². The fourth-order valence-electron chi connectivity index (χ4n) is 4.34. The van der Waals surface area contributed by atoms with Crippen LogP contribution in [0, 0.1) is 6.92 Å². The second kappa shape index (κ2) is 7.69. The number of pyridine rings is 1. The van der Waals surface area contributed by atoms with E-state index < -0.39 is 0 Å². The van der Waals surface area contributed by atoms with Gasteiger partial charge in [-0.2, -0.15) is 0 Å². The lowest BCUT2D eigenvalue weighted by Gasteiger charge is -2.16. The first-order valence-electron chi connectivity index (χ1n) is 9.99. The quantitative estimate of drug-likeness (QED) is 0.886. The lowest BCUT2D eigenvalue weighted by atomic mass is 10.1. The summed E-state index contributed by atoms with van der Waals surface area (Å²) in [4.78, 5) is 28.2. The summed E-state index contributed by atoms with van der Waals surface area (Å²) in [6, 6.07) is 7.99. The van der Waals surface area contributed by atoms with Gasteiger partial charge in [0.1, 0.15) is 5.56 Å². The van der Waals surface area contributed by atoms with Gasteiger partial charge in [0.15, 0.2) is 0 Å². The van der Waals surface area contributed by atoms with Crippen LogP contribution in [0.1, 0.15) is 46.3 Å². The third kappa shape index (κ3) is 3.56. The molecule has 2 aliphatic rings. The molecule has 1 N–H and O–H groups in total. The van der Waals surface area contributed by atoms with Crippen molar-refractivity contribution in [3.63, 3.8) is 0 Å². The van der Waals surface area contributed by atoms with Crippen molar-refractivity contribution in [2.24, 2.45) is 0 Å². The van der Waals surface area contributed by atoms with Crippen molar-refractivity contribution in [3.8, 4) is 5.69 Å². The Balaban J connectivity index is 1.58. The number of likely N-dealkylation sites (tertiary alicyclic amines) is 1. The first kappa shape index (κ1) is 18.0. The Kier molecular flexibility index (Phi) is 5.12. The molecule has 4 rings (SSSR count). The van der Waals surface area contributed by atoms with Gasteiger partial charge in [-0.1, -0.05) is 12.1 Å². The van der Waals surface area contributed by atoms with Gasteiger partial charge in [0.25, 0.3) is 11.5 Å². The summed E-state index contributed by atoms with van der Waals surface area (Å²) in [5, 5.41) is 2.94. The Bertz CT molecular complexity index is 910. The second-order valence-electron chi connectivity index (χ2n) is 7.62. The molecule has 0 radical (unpaired) electrons. The Labute approximate surface area is 160 Å². The lowest BCUT2D eigenvalue weighted by molar-refractivity contribution is 0.0947. The number of carbonyl (C=O) groups is 1. The van der Waals surface area contributed by atoms with Crippen molar-refractivity contribution < 1.29 is 4.79 Å². The summed E-state index contributed by atoms with van der Waals surface area (Å²) < 4.78 is 1.65. The molecule has 1 amide bonds. The minimum absolute atomic E-state index is 0.228. The molecule has 0 saturated carbocycles. The standard InChI is InChI=1S/C22H27N3O2/c1-16-10-14-25(19-9-5-7-17-6-4-8-18(17)19)22(27)20(16)21(26)23-11-15-24-12-2-3-13-24/h5,7,9-10,14H,2-4,6,8,11-13,15H2,1H3,(H,23,26). The van der Waals surface area contributed by atoms with Crippen LogP contribution in [0.25, 0.3) is 5.69 Å². The Morgan fingerprint density at radius 1 is 1.11 bits per heavy atom. The van der Waals surface area contributed by atoms with Crippen LogP contribution in [0.4, 0.5) is 0 Å². The van der Waals surface area contributed by atoms with Crippen LogP contribution in [0.2, 0.25) is 0 Å². The average molecular weight is 365 g/mol. The van der Waals surface area contributed by atoms with Crippen LogP contribution in [0.15, 0.2) is 35.3 Å². The van der Waals surface area contributed by atoms with E-state index >= 15 is 0 Å². The van der Waals surface area contributed by atoms with Crippen LogP contribution in [0.3, 0.4) is 0 Å². The number of benzene rings is 1. The zero-order valence-electron chi connectivity index (χ0n) is 16.0. The summed E-state index contributed by atoms with van der Waals surface area (Å²) in [5.41, 5.74) is 4.23. The molecule has 1 saturated heterocycles. The Morgan fingerprint density at radius 3 is 2.74 bits per heavy atom. The number of hydrogen-bond donors (Lipinski definition) is 1. The van der Waals surface area contributed by atoms with E-state index in [0.717, 1.165) is 50.1 Å². The van der Waals surface area contributed by atoms with Crippen molar-refractivity contribution in [1.82, 2.24) is 14.8 Å². The summed E-state index contributed by atoms with van der Waals surface area (Å²) in [5.74, 6) is -0.265. The molecule has 0 spiro atoms. The van der Waals surface area contributed by atoms with E-state index in [1.54, 1.807) is 10.8 Å². The monoisotopic (exact) mass is 365 g/mol. The molecule has 1 aliphatic carbocycles. The van der Waals surface area contributed by atoms with Crippen molar-refractivity contribution in [2.45, 2.75) is 39.0 Å². The molecule has 5 heteroatoms. The van der Waals surface area contributed by atoms with E-state index in [4.69, 9.17) is 0 Å². The largest absolute Gasteiger partial charge is 0.351 e.